The molecule has 0 radical (unpaired) electrons. The van der Waals surface area contributed by atoms with E-state index in [4.69, 9.17) is 21.3 Å². The van der Waals surface area contributed by atoms with Crippen LogP contribution < -0.4 is 4.90 Å². The molecule has 0 atom stereocenters. The van der Waals surface area contributed by atoms with Crippen LogP contribution >= 0.6 is 11.6 Å². The predicted octanol–water partition coefficient (Wildman–Crippen LogP) is 2.90. The van der Waals surface area contributed by atoms with Crippen molar-refractivity contribution >= 4 is 28.3 Å². The second kappa shape index (κ2) is 5.28. The Morgan fingerprint density at radius 2 is 2.10 bits per heavy atom. The third-order valence-corrected chi connectivity index (χ3v) is 3.82. The van der Waals surface area contributed by atoms with Crippen molar-refractivity contribution in [2.75, 3.05) is 31.2 Å². The zero-order chi connectivity index (χ0) is 14.1. The molecule has 4 nitrogen and oxygen atoms in total. The highest BCUT2D eigenvalue weighted by Gasteiger charge is 2.19. The molecule has 1 aliphatic rings. The molecule has 0 amide bonds. The maximum Gasteiger partial charge on any atom is 0.133 e. The number of hydrogen-bond donors (Lipinski definition) is 0. The molecular weight excluding hydrogens is 274 g/mol. The van der Waals surface area contributed by atoms with Crippen LogP contribution in [0.4, 0.5) is 5.82 Å². The van der Waals surface area contributed by atoms with Crippen molar-refractivity contribution in [3.63, 3.8) is 0 Å². The van der Waals surface area contributed by atoms with Crippen LogP contribution in [0.5, 0.6) is 0 Å². The van der Waals surface area contributed by atoms with E-state index in [0.29, 0.717) is 23.8 Å². The molecule has 0 saturated carbocycles. The molecule has 0 bridgehead atoms. The average Bonchev–Trinajstić information content (AvgIpc) is 2.48. The summed E-state index contributed by atoms with van der Waals surface area (Å²) < 4.78 is 5.37. The standard InChI is InChI=1S/C15H14ClN3O/c1-10-13(9-17)12-8-11(16)2-3-14(12)18-15(10)19-4-6-20-7-5-19/h2-3,8H,4-7H2,1H3. The van der Waals surface area contributed by atoms with E-state index in [-0.39, 0.29) is 0 Å². The Bertz CT molecular complexity index is 702. The fraction of sp³-hybridized carbons (Fsp3) is 0.333. The molecule has 0 spiro atoms. The van der Waals surface area contributed by atoms with Crippen LogP contribution in [0.1, 0.15) is 11.1 Å². The van der Waals surface area contributed by atoms with Crippen LogP contribution in [0.2, 0.25) is 5.02 Å². The number of benzene rings is 1. The van der Waals surface area contributed by atoms with Gasteiger partial charge in [-0.05, 0) is 25.1 Å². The summed E-state index contributed by atoms with van der Waals surface area (Å²) in [6, 6.07) is 7.76. The number of rotatable bonds is 1. The predicted molar refractivity (Wildman–Crippen MR) is 79.2 cm³/mol. The number of ether oxygens (including phenoxy) is 1. The monoisotopic (exact) mass is 287 g/mol. The molecule has 0 aliphatic carbocycles. The molecule has 1 aliphatic heterocycles. The number of nitriles is 1. The maximum absolute atomic E-state index is 9.47. The van der Waals surface area contributed by atoms with Crippen molar-refractivity contribution in [1.82, 2.24) is 4.98 Å². The highest BCUT2D eigenvalue weighted by Crippen LogP contribution is 2.29. The van der Waals surface area contributed by atoms with E-state index >= 15 is 0 Å². The van der Waals surface area contributed by atoms with Crippen LogP contribution in [0.3, 0.4) is 0 Å². The van der Waals surface area contributed by atoms with Gasteiger partial charge in [0, 0.05) is 29.1 Å². The molecule has 0 unspecified atom stereocenters. The number of nitrogens with zero attached hydrogens (tertiary/aromatic N) is 3. The third kappa shape index (κ3) is 2.20. The van der Waals surface area contributed by atoms with E-state index in [1.165, 1.54) is 0 Å². The lowest BCUT2D eigenvalue weighted by Crippen LogP contribution is -2.37. The van der Waals surface area contributed by atoms with Gasteiger partial charge in [0.05, 0.1) is 24.3 Å². The van der Waals surface area contributed by atoms with Crippen molar-refractivity contribution in [3.05, 3.63) is 34.3 Å². The zero-order valence-electron chi connectivity index (χ0n) is 11.2. The summed E-state index contributed by atoms with van der Waals surface area (Å²) >= 11 is 6.02. The lowest BCUT2D eigenvalue weighted by atomic mass is 10.0. The minimum absolute atomic E-state index is 0.620. The molecule has 2 aromatic rings. The van der Waals surface area contributed by atoms with E-state index in [2.05, 4.69) is 11.0 Å². The van der Waals surface area contributed by atoms with Crippen molar-refractivity contribution in [1.29, 1.82) is 5.26 Å². The molecule has 102 valence electrons. The smallest absolute Gasteiger partial charge is 0.133 e. The SMILES string of the molecule is Cc1c(N2CCOCC2)nc2ccc(Cl)cc2c1C#N. The van der Waals surface area contributed by atoms with Gasteiger partial charge in [0.2, 0.25) is 0 Å². The van der Waals surface area contributed by atoms with E-state index in [0.717, 1.165) is 35.4 Å². The average molecular weight is 288 g/mol. The fourth-order valence-corrected chi connectivity index (χ4v) is 2.72. The van der Waals surface area contributed by atoms with E-state index in [1.54, 1.807) is 12.1 Å². The van der Waals surface area contributed by atoms with Gasteiger partial charge in [0.15, 0.2) is 0 Å². The summed E-state index contributed by atoms with van der Waals surface area (Å²) in [5.74, 6) is 0.875. The largest absolute Gasteiger partial charge is 0.378 e. The highest BCUT2D eigenvalue weighted by molar-refractivity contribution is 6.31. The lowest BCUT2D eigenvalue weighted by molar-refractivity contribution is 0.122. The Kier molecular flexibility index (Phi) is 3.47. The molecule has 2 heterocycles. The minimum atomic E-state index is 0.620. The summed E-state index contributed by atoms with van der Waals surface area (Å²) in [5, 5.41) is 10.9. The first-order chi connectivity index (χ1) is 9.70. The molecule has 20 heavy (non-hydrogen) atoms. The van der Waals surface area contributed by atoms with Gasteiger partial charge in [-0.2, -0.15) is 5.26 Å². The number of anilines is 1. The summed E-state index contributed by atoms with van der Waals surface area (Å²) in [4.78, 5) is 6.88. The third-order valence-electron chi connectivity index (χ3n) is 3.59. The van der Waals surface area contributed by atoms with Crippen LogP contribution in [-0.2, 0) is 4.74 Å². The van der Waals surface area contributed by atoms with Gasteiger partial charge in [-0.15, -0.1) is 0 Å². The van der Waals surface area contributed by atoms with Crippen LogP contribution in [0, 0.1) is 18.3 Å². The molecular formula is C15H14ClN3O. The summed E-state index contributed by atoms with van der Waals surface area (Å²) in [6.45, 7) is 4.94. The van der Waals surface area contributed by atoms with Crippen molar-refractivity contribution < 1.29 is 4.74 Å². The lowest BCUT2D eigenvalue weighted by Gasteiger charge is -2.29. The van der Waals surface area contributed by atoms with Gasteiger partial charge in [0.1, 0.15) is 11.9 Å². The van der Waals surface area contributed by atoms with Gasteiger partial charge in [-0.3, -0.25) is 0 Å². The molecule has 3 rings (SSSR count). The first-order valence-corrected chi connectivity index (χ1v) is 6.91. The number of morpholine rings is 1. The van der Waals surface area contributed by atoms with Gasteiger partial charge >= 0.3 is 0 Å². The Hall–Kier alpha value is -1.83. The first-order valence-electron chi connectivity index (χ1n) is 6.53. The van der Waals surface area contributed by atoms with Crippen molar-refractivity contribution in [3.8, 4) is 6.07 Å². The molecule has 0 N–H and O–H groups in total. The van der Waals surface area contributed by atoms with Gasteiger partial charge in [0.25, 0.3) is 0 Å². The number of aromatic nitrogens is 1. The molecule has 1 aromatic heterocycles. The Labute approximate surface area is 122 Å². The van der Waals surface area contributed by atoms with Crippen molar-refractivity contribution in [2.45, 2.75) is 6.92 Å². The Balaban J connectivity index is 2.21. The second-order valence-electron chi connectivity index (χ2n) is 4.81. The summed E-state index contributed by atoms with van der Waals surface area (Å²) in [7, 11) is 0. The Morgan fingerprint density at radius 3 is 2.80 bits per heavy atom. The first kappa shape index (κ1) is 13.2. The summed E-state index contributed by atoms with van der Waals surface area (Å²) in [5.41, 5.74) is 2.36. The molecule has 1 aromatic carbocycles. The molecule has 1 saturated heterocycles. The van der Waals surface area contributed by atoms with Crippen LogP contribution in [0.15, 0.2) is 18.2 Å². The number of halogens is 1. The van der Waals surface area contributed by atoms with Gasteiger partial charge in [-0.25, -0.2) is 4.98 Å². The van der Waals surface area contributed by atoms with Crippen LogP contribution in [-0.4, -0.2) is 31.3 Å². The highest BCUT2D eigenvalue weighted by atomic mass is 35.5. The molecule has 5 heteroatoms. The van der Waals surface area contributed by atoms with Gasteiger partial charge < -0.3 is 9.64 Å². The number of pyridine rings is 1. The maximum atomic E-state index is 9.47. The topological polar surface area (TPSA) is 49.1 Å². The summed E-state index contributed by atoms with van der Waals surface area (Å²) in [6.07, 6.45) is 0. The fourth-order valence-electron chi connectivity index (χ4n) is 2.54. The minimum Gasteiger partial charge on any atom is -0.378 e. The van der Waals surface area contributed by atoms with Crippen LogP contribution in [0.25, 0.3) is 10.9 Å². The molecule has 1 fully saturated rings. The quantitative estimate of drug-likeness (QED) is 0.809. The second-order valence-corrected chi connectivity index (χ2v) is 5.24. The number of fused-ring (bicyclic) bond motifs is 1. The zero-order valence-corrected chi connectivity index (χ0v) is 11.9. The normalized spacial score (nSPS) is 15.3. The van der Waals surface area contributed by atoms with Gasteiger partial charge in [-0.1, -0.05) is 11.6 Å². The van der Waals surface area contributed by atoms with E-state index < -0.39 is 0 Å². The Morgan fingerprint density at radius 1 is 1.35 bits per heavy atom. The van der Waals surface area contributed by atoms with E-state index in [1.807, 2.05) is 13.0 Å². The number of hydrogen-bond acceptors (Lipinski definition) is 4. The van der Waals surface area contributed by atoms with Crippen molar-refractivity contribution in [2.24, 2.45) is 0 Å². The van der Waals surface area contributed by atoms with E-state index in [9.17, 15) is 5.26 Å².